The smallest absolute Gasteiger partial charge is 0.341 e. The number of aromatic nitrogens is 2. The molecular formula is C30H26FN2O4+. The van der Waals surface area contributed by atoms with Crippen LogP contribution in [-0.2, 0) is 13.2 Å². The number of hydrogen-bond donors (Lipinski definition) is 1. The maximum absolute atomic E-state index is 13.6. The van der Waals surface area contributed by atoms with Crippen molar-refractivity contribution in [2.24, 2.45) is 0 Å². The molecule has 0 fully saturated rings. The molecule has 0 aliphatic heterocycles. The molecule has 0 saturated heterocycles. The third-order valence-corrected chi connectivity index (χ3v) is 6.31. The van der Waals surface area contributed by atoms with Crippen molar-refractivity contribution in [2.75, 3.05) is 7.11 Å². The number of aromatic hydroxyl groups is 1. The molecule has 2 heterocycles. The Balaban J connectivity index is 1.51. The van der Waals surface area contributed by atoms with E-state index in [1.165, 1.54) is 12.1 Å². The number of benzene rings is 3. The van der Waals surface area contributed by atoms with Gasteiger partial charge in [0.1, 0.15) is 24.7 Å². The van der Waals surface area contributed by atoms with Crippen molar-refractivity contribution < 1.29 is 23.4 Å². The number of halogens is 1. The van der Waals surface area contributed by atoms with Crippen molar-refractivity contribution in [2.45, 2.75) is 20.1 Å². The van der Waals surface area contributed by atoms with E-state index < -0.39 is 0 Å². The number of nitrogens with zero attached hydrogens (tertiary/aromatic N) is 2. The van der Waals surface area contributed by atoms with Gasteiger partial charge in [-0.15, -0.1) is 0 Å². The van der Waals surface area contributed by atoms with E-state index >= 15 is 0 Å². The van der Waals surface area contributed by atoms with Gasteiger partial charge < -0.3 is 14.6 Å². The molecule has 3 aromatic carbocycles. The van der Waals surface area contributed by atoms with Crippen LogP contribution in [0.4, 0.5) is 4.39 Å². The summed E-state index contributed by atoms with van der Waals surface area (Å²) in [7, 11) is 1.56. The predicted molar refractivity (Wildman–Crippen MR) is 139 cm³/mol. The van der Waals surface area contributed by atoms with Gasteiger partial charge in [-0.1, -0.05) is 36.4 Å². The summed E-state index contributed by atoms with van der Waals surface area (Å²) < 4.78 is 28.3. The number of phenolic OH excluding ortho intramolecular Hbond substituents is 1. The standard InChI is InChI=1S/C30H25FN2O4/c1-20-29(24-7-3-4-8-25(24)34)32-16-6-5-9-28(32)33(30(20)35)18-22-12-15-26(27(17-22)36-2)37-19-21-10-13-23(31)14-11-21/h3-17H,18-19H2,1-2H3/p+1. The summed E-state index contributed by atoms with van der Waals surface area (Å²) in [4.78, 5) is 13.6. The van der Waals surface area contributed by atoms with Crippen molar-refractivity contribution in [3.63, 3.8) is 0 Å². The maximum Gasteiger partial charge on any atom is 0.341 e. The second-order valence-electron chi connectivity index (χ2n) is 8.71. The first kappa shape index (κ1) is 24.1. The normalized spacial score (nSPS) is 11.0. The molecule has 6 nitrogen and oxygen atoms in total. The van der Waals surface area contributed by atoms with Crippen molar-refractivity contribution in [1.82, 2.24) is 4.57 Å². The largest absolute Gasteiger partial charge is 0.507 e. The summed E-state index contributed by atoms with van der Waals surface area (Å²) in [5.41, 5.74) is 3.99. The number of methoxy groups -OCH3 is 1. The Kier molecular flexibility index (Phi) is 6.60. The number of fused-ring (bicyclic) bond motifs is 1. The molecule has 0 radical (unpaired) electrons. The summed E-state index contributed by atoms with van der Waals surface area (Å²) >= 11 is 0. The van der Waals surface area contributed by atoms with Gasteiger partial charge in [0.05, 0.1) is 24.4 Å². The molecule has 37 heavy (non-hydrogen) atoms. The van der Waals surface area contributed by atoms with E-state index in [-0.39, 0.29) is 23.7 Å². The summed E-state index contributed by atoms with van der Waals surface area (Å²) in [6.07, 6.45) is 1.88. The van der Waals surface area contributed by atoms with Gasteiger partial charge in [0, 0.05) is 6.07 Å². The molecule has 7 heteroatoms. The third kappa shape index (κ3) is 4.76. The highest BCUT2D eigenvalue weighted by molar-refractivity contribution is 5.67. The first-order valence-electron chi connectivity index (χ1n) is 11.8. The Morgan fingerprint density at radius 3 is 2.41 bits per heavy atom. The monoisotopic (exact) mass is 497 g/mol. The van der Waals surface area contributed by atoms with Gasteiger partial charge >= 0.3 is 5.56 Å². The van der Waals surface area contributed by atoms with Crippen molar-refractivity contribution in [3.8, 4) is 28.5 Å². The molecule has 0 aliphatic rings. The van der Waals surface area contributed by atoms with Crippen LogP contribution in [0.3, 0.4) is 0 Å². The molecule has 0 amide bonds. The number of rotatable bonds is 7. The van der Waals surface area contributed by atoms with E-state index in [4.69, 9.17) is 9.47 Å². The van der Waals surface area contributed by atoms with Gasteiger partial charge in [-0.3, -0.25) is 0 Å². The van der Waals surface area contributed by atoms with E-state index in [1.807, 2.05) is 47.0 Å². The zero-order chi connectivity index (χ0) is 25.9. The topological polar surface area (TPSA) is 64.8 Å². The van der Waals surface area contributed by atoms with Crippen LogP contribution in [0.2, 0.25) is 0 Å². The molecule has 0 atom stereocenters. The summed E-state index contributed by atoms with van der Waals surface area (Å²) in [6.45, 7) is 2.35. The number of ether oxygens (including phenoxy) is 2. The Hall–Kier alpha value is -4.65. The predicted octanol–water partition coefficient (Wildman–Crippen LogP) is 5.04. The Labute approximate surface area is 213 Å². The van der Waals surface area contributed by atoms with Crippen molar-refractivity contribution >= 4 is 5.65 Å². The highest BCUT2D eigenvalue weighted by Crippen LogP contribution is 2.30. The first-order chi connectivity index (χ1) is 18.0. The first-order valence-corrected chi connectivity index (χ1v) is 11.8. The summed E-state index contributed by atoms with van der Waals surface area (Å²) in [5.74, 6) is 0.900. The second-order valence-corrected chi connectivity index (χ2v) is 8.71. The lowest BCUT2D eigenvalue weighted by Crippen LogP contribution is -2.38. The number of phenols is 1. The molecule has 0 bridgehead atoms. The SMILES string of the molecule is COc1cc(Cn2c(=O)c(C)c(-c3ccccc3O)[n+]3ccccc23)ccc1OCc1ccc(F)cc1. The second kappa shape index (κ2) is 10.1. The fourth-order valence-corrected chi connectivity index (χ4v) is 4.44. The zero-order valence-electron chi connectivity index (χ0n) is 20.5. The Bertz CT molecular complexity index is 1640. The minimum atomic E-state index is -0.296. The van der Waals surface area contributed by atoms with Gasteiger partial charge in [-0.2, -0.15) is 8.97 Å². The van der Waals surface area contributed by atoms with E-state index in [9.17, 15) is 14.3 Å². The zero-order valence-corrected chi connectivity index (χ0v) is 20.5. The lowest BCUT2D eigenvalue weighted by atomic mass is 10.1. The van der Waals surface area contributed by atoms with E-state index in [1.54, 1.807) is 55.0 Å². The van der Waals surface area contributed by atoms with Crippen molar-refractivity contribution in [3.05, 3.63) is 124 Å². The molecular weight excluding hydrogens is 471 g/mol. The molecule has 0 aliphatic carbocycles. The molecule has 0 unspecified atom stereocenters. The van der Waals surface area contributed by atoms with Crippen LogP contribution in [0.5, 0.6) is 17.2 Å². The molecule has 2 aromatic heterocycles. The van der Waals surface area contributed by atoms with Crippen LogP contribution >= 0.6 is 0 Å². The van der Waals surface area contributed by atoms with Crippen LogP contribution in [0.1, 0.15) is 16.7 Å². The molecule has 5 rings (SSSR count). The fraction of sp³-hybridized carbons (Fsp3) is 0.133. The molecule has 0 saturated carbocycles. The lowest BCUT2D eigenvalue weighted by Gasteiger charge is -2.14. The van der Waals surface area contributed by atoms with Gasteiger partial charge in [-0.25, -0.2) is 9.18 Å². The quantitative estimate of drug-likeness (QED) is 0.320. The van der Waals surface area contributed by atoms with E-state index in [0.717, 1.165) is 11.1 Å². The molecule has 5 aromatic rings. The van der Waals surface area contributed by atoms with Crippen LogP contribution in [0.15, 0.2) is 95.9 Å². The summed E-state index contributed by atoms with van der Waals surface area (Å²) in [6, 6.07) is 24.3. The van der Waals surface area contributed by atoms with Crippen LogP contribution in [0.25, 0.3) is 16.9 Å². The van der Waals surface area contributed by atoms with Crippen LogP contribution in [-0.4, -0.2) is 16.8 Å². The average Bonchev–Trinajstić information content (AvgIpc) is 2.92. The number of para-hydroxylation sites is 1. The Morgan fingerprint density at radius 2 is 1.65 bits per heavy atom. The highest BCUT2D eigenvalue weighted by Gasteiger charge is 2.24. The minimum absolute atomic E-state index is 0.112. The van der Waals surface area contributed by atoms with E-state index in [0.29, 0.717) is 40.5 Å². The fourth-order valence-electron chi connectivity index (χ4n) is 4.44. The minimum Gasteiger partial charge on any atom is -0.507 e. The van der Waals surface area contributed by atoms with Crippen LogP contribution < -0.4 is 19.4 Å². The van der Waals surface area contributed by atoms with Crippen LogP contribution in [0, 0.1) is 12.7 Å². The van der Waals surface area contributed by atoms with Gasteiger partial charge in [0.2, 0.25) is 0 Å². The molecule has 186 valence electrons. The molecule has 1 N–H and O–H groups in total. The van der Waals surface area contributed by atoms with Gasteiger partial charge in [0.15, 0.2) is 17.2 Å². The average molecular weight is 498 g/mol. The highest BCUT2D eigenvalue weighted by atomic mass is 19.1. The number of hydrogen-bond acceptors (Lipinski definition) is 4. The van der Waals surface area contributed by atoms with Gasteiger partial charge in [-0.05, 0) is 60.5 Å². The third-order valence-electron chi connectivity index (χ3n) is 6.31. The lowest BCUT2D eigenvalue weighted by molar-refractivity contribution is -0.504. The van der Waals surface area contributed by atoms with Crippen molar-refractivity contribution in [1.29, 1.82) is 0 Å². The van der Waals surface area contributed by atoms with Gasteiger partial charge in [0.25, 0.3) is 5.65 Å². The maximum atomic E-state index is 13.6. The van der Waals surface area contributed by atoms with E-state index in [2.05, 4.69) is 0 Å². The molecule has 0 spiro atoms. The number of pyridine rings is 1. The summed E-state index contributed by atoms with van der Waals surface area (Å²) in [5, 5.41) is 10.5. The Morgan fingerprint density at radius 1 is 0.919 bits per heavy atom.